The molecule has 2 heteroatoms. The van der Waals surface area contributed by atoms with Gasteiger partial charge in [-0.1, -0.05) is 0 Å². The van der Waals surface area contributed by atoms with Crippen molar-refractivity contribution in [1.82, 2.24) is 5.32 Å². The first kappa shape index (κ1) is 5.69. The van der Waals surface area contributed by atoms with Crippen LogP contribution in [0.5, 0.6) is 0 Å². The largest absolute Gasteiger partial charge is 0.326 e. The molecule has 0 bridgehead atoms. The predicted octanol–water partition coefficient (Wildman–Crippen LogP) is 0.230. The van der Waals surface area contributed by atoms with Gasteiger partial charge in [0.2, 0.25) is 0 Å². The zero-order chi connectivity index (χ0) is 6.32. The molecule has 0 radical (unpaired) electrons. The van der Waals surface area contributed by atoms with E-state index in [2.05, 4.69) is 5.32 Å². The van der Waals surface area contributed by atoms with Crippen molar-refractivity contribution in [3.05, 3.63) is 0 Å². The molecule has 1 unspecified atom stereocenters. The third kappa shape index (κ3) is 0.634. The highest BCUT2D eigenvalue weighted by Gasteiger charge is 2.44. The summed E-state index contributed by atoms with van der Waals surface area (Å²) >= 11 is 0. The van der Waals surface area contributed by atoms with Crippen LogP contribution in [0, 0.1) is 0 Å². The molecule has 1 heterocycles. The van der Waals surface area contributed by atoms with E-state index in [1.165, 1.54) is 25.7 Å². The van der Waals surface area contributed by atoms with Crippen LogP contribution < -0.4 is 11.1 Å². The molecular formula is C7H14N2. The fraction of sp³-hybridized carbons (Fsp3) is 1.00. The highest BCUT2D eigenvalue weighted by atomic mass is 15.1. The number of nitrogens with one attached hydrogen (secondary N) is 1. The van der Waals surface area contributed by atoms with Gasteiger partial charge in [0, 0.05) is 11.6 Å². The summed E-state index contributed by atoms with van der Waals surface area (Å²) in [6, 6.07) is 0.450. The third-order valence-corrected chi connectivity index (χ3v) is 2.89. The smallest absolute Gasteiger partial charge is 0.0333 e. The Kier molecular flexibility index (Phi) is 1.08. The van der Waals surface area contributed by atoms with E-state index in [1.54, 1.807) is 0 Å². The summed E-state index contributed by atoms with van der Waals surface area (Å²) in [7, 11) is 0. The van der Waals surface area contributed by atoms with Crippen LogP contribution in [0.2, 0.25) is 0 Å². The summed E-state index contributed by atoms with van der Waals surface area (Å²) < 4.78 is 0. The average Bonchev–Trinajstić information content (AvgIpc) is 2.07. The normalized spacial score (nSPS) is 39.0. The predicted molar refractivity (Wildman–Crippen MR) is 37.2 cm³/mol. The summed E-state index contributed by atoms with van der Waals surface area (Å²) in [5.41, 5.74) is 6.32. The Hall–Kier alpha value is -0.0800. The molecule has 0 aromatic heterocycles. The monoisotopic (exact) mass is 126 g/mol. The highest BCUT2D eigenvalue weighted by molar-refractivity contribution is 5.07. The van der Waals surface area contributed by atoms with E-state index in [4.69, 9.17) is 5.73 Å². The first-order valence-electron chi connectivity index (χ1n) is 3.84. The number of hydrogen-bond acceptors (Lipinski definition) is 2. The number of rotatable bonds is 0. The zero-order valence-corrected chi connectivity index (χ0v) is 5.69. The van der Waals surface area contributed by atoms with Crippen molar-refractivity contribution in [2.24, 2.45) is 5.73 Å². The molecule has 1 aliphatic heterocycles. The fourth-order valence-corrected chi connectivity index (χ4v) is 1.99. The van der Waals surface area contributed by atoms with E-state index in [9.17, 15) is 0 Å². The lowest BCUT2D eigenvalue weighted by molar-refractivity contribution is 0.192. The Morgan fingerprint density at radius 2 is 2.22 bits per heavy atom. The molecule has 1 saturated carbocycles. The molecule has 1 spiro atoms. The molecule has 1 aliphatic carbocycles. The quantitative estimate of drug-likeness (QED) is 0.487. The maximum Gasteiger partial charge on any atom is 0.0333 e. The molecule has 0 amide bonds. The number of nitrogens with two attached hydrogens (primary N) is 1. The van der Waals surface area contributed by atoms with Crippen molar-refractivity contribution < 1.29 is 0 Å². The molecule has 2 rings (SSSR count). The Bertz CT molecular complexity index is 118. The van der Waals surface area contributed by atoms with Gasteiger partial charge in [0.25, 0.3) is 0 Å². The molecule has 2 aliphatic rings. The van der Waals surface area contributed by atoms with E-state index >= 15 is 0 Å². The lowest BCUT2D eigenvalue weighted by Crippen LogP contribution is -2.56. The van der Waals surface area contributed by atoms with Crippen LogP contribution in [0.1, 0.15) is 25.7 Å². The lowest BCUT2D eigenvalue weighted by Gasteiger charge is -2.42. The van der Waals surface area contributed by atoms with E-state index < -0.39 is 0 Å². The number of hydrogen-bond donors (Lipinski definition) is 2. The first-order valence-corrected chi connectivity index (χ1v) is 3.84. The van der Waals surface area contributed by atoms with Crippen LogP contribution in [0.15, 0.2) is 0 Å². The van der Waals surface area contributed by atoms with E-state index in [0.717, 1.165) is 6.54 Å². The Morgan fingerprint density at radius 1 is 1.44 bits per heavy atom. The Morgan fingerprint density at radius 3 is 2.44 bits per heavy atom. The molecule has 3 N–H and O–H groups in total. The van der Waals surface area contributed by atoms with Crippen LogP contribution in [0.3, 0.4) is 0 Å². The Labute approximate surface area is 55.8 Å². The van der Waals surface area contributed by atoms with Crippen molar-refractivity contribution >= 4 is 0 Å². The standard InChI is InChI=1S/C7H14N2/c8-6-2-5-9-7(6)3-1-4-7/h6,9H,1-5,8H2. The summed E-state index contributed by atoms with van der Waals surface area (Å²) in [5.74, 6) is 0. The topological polar surface area (TPSA) is 38.0 Å². The van der Waals surface area contributed by atoms with Crippen LogP contribution in [0.25, 0.3) is 0 Å². The van der Waals surface area contributed by atoms with E-state index in [-0.39, 0.29) is 0 Å². The van der Waals surface area contributed by atoms with Crippen molar-refractivity contribution in [3.63, 3.8) is 0 Å². The molecule has 1 atom stereocenters. The van der Waals surface area contributed by atoms with Gasteiger partial charge in [-0.15, -0.1) is 0 Å². The van der Waals surface area contributed by atoms with Crippen molar-refractivity contribution in [3.8, 4) is 0 Å². The van der Waals surface area contributed by atoms with Crippen molar-refractivity contribution in [2.75, 3.05) is 6.54 Å². The summed E-state index contributed by atoms with van der Waals surface area (Å²) in [6.45, 7) is 1.14. The van der Waals surface area contributed by atoms with Gasteiger partial charge < -0.3 is 11.1 Å². The zero-order valence-electron chi connectivity index (χ0n) is 5.69. The molecule has 9 heavy (non-hydrogen) atoms. The minimum atomic E-state index is 0.403. The molecule has 52 valence electrons. The Balaban J connectivity index is 2.09. The van der Waals surface area contributed by atoms with Crippen LogP contribution in [0.4, 0.5) is 0 Å². The van der Waals surface area contributed by atoms with Gasteiger partial charge in [0.15, 0.2) is 0 Å². The minimum Gasteiger partial charge on any atom is -0.326 e. The van der Waals surface area contributed by atoms with Gasteiger partial charge in [-0.2, -0.15) is 0 Å². The second kappa shape index (κ2) is 1.70. The van der Waals surface area contributed by atoms with Gasteiger partial charge in [-0.25, -0.2) is 0 Å². The first-order chi connectivity index (χ1) is 4.33. The maximum atomic E-state index is 5.91. The van der Waals surface area contributed by atoms with Crippen LogP contribution in [-0.2, 0) is 0 Å². The highest BCUT2D eigenvalue weighted by Crippen LogP contribution is 2.37. The van der Waals surface area contributed by atoms with Gasteiger partial charge in [-0.05, 0) is 32.2 Å². The molecule has 0 aromatic rings. The van der Waals surface area contributed by atoms with Crippen molar-refractivity contribution in [2.45, 2.75) is 37.3 Å². The van der Waals surface area contributed by atoms with Crippen LogP contribution in [-0.4, -0.2) is 18.1 Å². The molecule has 2 fully saturated rings. The lowest BCUT2D eigenvalue weighted by atomic mass is 9.73. The van der Waals surface area contributed by atoms with Gasteiger partial charge in [0.1, 0.15) is 0 Å². The van der Waals surface area contributed by atoms with Gasteiger partial charge >= 0.3 is 0 Å². The average molecular weight is 126 g/mol. The molecule has 0 aromatic carbocycles. The fourth-order valence-electron chi connectivity index (χ4n) is 1.99. The second-order valence-electron chi connectivity index (χ2n) is 3.33. The SMILES string of the molecule is NC1CCNC12CCC2. The second-order valence-corrected chi connectivity index (χ2v) is 3.33. The van der Waals surface area contributed by atoms with Crippen molar-refractivity contribution in [1.29, 1.82) is 0 Å². The van der Waals surface area contributed by atoms with E-state index in [1.807, 2.05) is 0 Å². The van der Waals surface area contributed by atoms with Gasteiger partial charge in [0.05, 0.1) is 0 Å². The molecule has 1 saturated heterocycles. The van der Waals surface area contributed by atoms with Gasteiger partial charge in [-0.3, -0.25) is 0 Å². The van der Waals surface area contributed by atoms with Crippen LogP contribution >= 0.6 is 0 Å². The summed E-state index contributed by atoms with van der Waals surface area (Å²) in [6.07, 6.45) is 5.18. The summed E-state index contributed by atoms with van der Waals surface area (Å²) in [5, 5.41) is 3.49. The summed E-state index contributed by atoms with van der Waals surface area (Å²) in [4.78, 5) is 0. The third-order valence-electron chi connectivity index (χ3n) is 2.89. The molecular weight excluding hydrogens is 112 g/mol. The molecule has 2 nitrogen and oxygen atoms in total. The van der Waals surface area contributed by atoms with E-state index in [0.29, 0.717) is 11.6 Å². The minimum absolute atomic E-state index is 0.403. The maximum absolute atomic E-state index is 5.91.